The average molecular weight is 402 g/mol. The quantitative estimate of drug-likeness (QED) is 0.220. The van der Waals surface area contributed by atoms with E-state index in [2.05, 4.69) is 42.6 Å². The van der Waals surface area contributed by atoms with Crippen LogP contribution in [0.15, 0.2) is 10.2 Å². The normalized spacial score (nSPS) is 8.50. The topological polar surface area (TPSA) is 135 Å². The van der Waals surface area contributed by atoms with Crippen molar-refractivity contribution in [1.29, 1.82) is 0 Å². The van der Waals surface area contributed by atoms with E-state index in [0.717, 1.165) is 0 Å². The van der Waals surface area contributed by atoms with Crippen LogP contribution in [0.5, 0.6) is 0 Å². The molecule has 0 aromatic carbocycles. The number of hydrogen-bond donors (Lipinski definition) is 1. The molecule has 0 amide bonds. The summed E-state index contributed by atoms with van der Waals surface area (Å²) >= 11 is 2.15. The van der Waals surface area contributed by atoms with E-state index in [9.17, 15) is 4.79 Å². The molecule has 0 radical (unpaired) electrons. The highest BCUT2D eigenvalue weighted by molar-refractivity contribution is 14.1. The Morgan fingerprint density at radius 1 is 1.10 bits per heavy atom. The zero-order valence-electron chi connectivity index (χ0n) is 11.0. The van der Waals surface area contributed by atoms with E-state index in [1.165, 1.54) is 6.92 Å². The minimum atomic E-state index is -0.942. The number of carboxylic acid groups (broad SMARTS) is 1. The summed E-state index contributed by atoms with van der Waals surface area (Å²) in [6, 6.07) is 0. The number of halogens is 1. The molecule has 0 aliphatic carbocycles. The SMILES string of the molecule is C.C.CC(C)CN=[N+]=[N-].CC(CN=[N+]=[N-])C(=O)O.CI. The molecule has 0 aliphatic heterocycles. The molecular weight excluding hydrogens is 375 g/mol. The van der Waals surface area contributed by atoms with E-state index in [1.807, 2.05) is 18.8 Å². The monoisotopic (exact) mass is 402 g/mol. The first-order valence-electron chi connectivity index (χ1n) is 5.08. The van der Waals surface area contributed by atoms with Gasteiger partial charge in [0.05, 0.1) is 5.92 Å². The van der Waals surface area contributed by atoms with Gasteiger partial charge in [-0.25, -0.2) is 0 Å². The van der Waals surface area contributed by atoms with Crippen LogP contribution < -0.4 is 0 Å². The molecule has 20 heavy (non-hydrogen) atoms. The van der Waals surface area contributed by atoms with E-state index in [-0.39, 0.29) is 21.4 Å². The van der Waals surface area contributed by atoms with Gasteiger partial charge < -0.3 is 5.11 Å². The van der Waals surface area contributed by atoms with Gasteiger partial charge in [0.1, 0.15) is 0 Å². The molecule has 120 valence electrons. The molecule has 0 saturated carbocycles. The molecular formula is C11H27IN6O2. The summed E-state index contributed by atoms with van der Waals surface area (Å²) in [5, 5.41) is 14.7. The summed E-state index contributed by atoms with van der Waals surface area (Å²) in [7, 11) is 0. The van der Waals surface area contributed by atoms with Gasteiger partial charge in [-0.1, -0.05) is 68.4 Å². The highest BCUT2D eigenvalue weighted by atomic mass is 127. The standard InChI is InChI=1S/C4H7N3O2.C4H9N3.CH3I.2CH4/c1-3(4(8)9)2-6-7-5;1-4(2)3-6-7-5;1-2;;/h3H,2H2,1H3,(H,8,9);4H,3H2,1-2H3;1H3;2*1H4. The average Bonchev–Trinajstić information content (AvgIpc) is 2.36. The van der Waals surface area contributed by atoms with Crippen LogP contribution in [-0.4, -0.2) is 29.1 Å². The lowest BCUT2D eigenvalue weighted by Gasteiger charge is -1.96. The van der Waals surface area contributed by atoms with E-state index >= 15 is 0 Å². The molecule has 0 aliphatic rings. The number of aliphatic carboxylic acids is 1. The summed E-state index contributed by atoms with van der Waals surface area (Å²) in [5.74, 6) is -1.04. The first-order chi connectivity index (χ1) is 8.45. The number of azide groups is 2. The third kappa shape index (κ3) is 36.0. The van der Waals surface area contributed by atoms with E-state index in [4.69, 9.17) is 16.2 Å². The van der Waals surface area contributed by atoms with Crippen molar-refractivity contribution >= 4 is 28.6 Å². The molecule has 0 saturated heterocycles. The summed E-state index contributed by atoms with van der Waals surface area (Å²) in [6.07, 6.45) is 0. The van der Waals surface area contributed by atoms with Crippen molar-refractivity contribution in [3.63, 3.8) is 0 Å². The second-order valence-corrected chi connectivity index (χ2v) is 3.46. The Labute approximate surface area is 135 Å². The molecule has 0 bridgehead atoms. The summed E-state index contributed by atoms with van der Waals surface area (Å²) in [5.41, 5.74) is 15.5. The molecule has 1 N–H and O–H groups in total. The van der Waals surface area contributed by atoms with Crippen molar-refractivity contribution in [2.45, 2.75) is 35.6 Å². The van der Waals surface area contributed by atoms with Crippen LogP contribution in [0, 0.1) is 11.8 Å². The Balaban J connectivity index is -0.0000000622. The van der Waals surface area contributed by atoms with Crippen molar-refractivity contribution in [1.82, 2.24) is 0 Å². The molecule has 1 atom stereocenters. The van der Waals surface area contributed by atoms with Crippen LogP contribution in [0.1, 0.15) is 35.6 Å². The number of carbonyl (C=O) groups is 1. The maximum Gasteiger partial charge on any atom is 0.306 e. The maximum absolute atomic E-state index is 10.0. The molecule has 0 fully saturated rings. The summed E-state index contributed by atoms with van der Waals surface area (Å²) in [4.78, 5) is 17.0. The lowest BCUT2D eigenvalue weighted by molar-refractivity contribution is -0.140. The van der Waals surface area contributed by atoms with Crippen LogP contribution in [0.2, 0.25) is 0 Å². The fraction of sp³-hybridized carbons (Fsp3) is 0.909. The largest absolute Gasteiger partial charge is 0.481 e. The predicted octanol–water partition coefficient (Wildman–Crippen LogP) is 5.29. The van der Waals surface area contributed by atoms with Crippen LogP contribution in [-0.2, 0) is 4.79 Å². The van der Waals surface area contributed by atoms with Crippen molar-refractivity contribution in [3.05, 3.63) is 20.9 Å². The van der Waals surface area contributed by atoms with Gasteiger partial charge in [-0.05, 0) is 21.9 Å². The Kier molecular flexibility index (Phi) is 41.3. The Morgan fingerprint density at radius 3 is 1.65 bits per heavy atom. The molecule has 0 aromatic rings. The molecule has 8 nitrogen and oxygen atoms in total. The van der Waals surface area contributed by atoms with Gasteiger partial charge in [0, 0.05) is 22.9 Å². The Hall–Kier alpha value is -1.18. The molecule has 0 spiro atoms. The van der Waals surface area contributed by atoms with Crippen molar-refractivity contribution < 1.29 is 9.90 Å². The van der Waals surface area contributed by atoms with Crippen molar-refractivity contribution in [2.75, 3.05) is 18.0 Å². The predicted molar refractivity (Wildman–Crippen MR) is 93.1 cm³/mol. The highest BCUT2D eigenvalue weighted by Crippen LogP contribution is 1.94. The zero-order valence-corrected chi connectivity index (χ0v) is 13.1. The van der Waals surface area contributed by atoms with Gasteiger partial charge in [0.15, 0.2) is 0 Å². The lowest BCUT2D eigenvalue weighted by atomic mass is 10.2. The minimum Gasteiger partial charge on any atom is -0.481 e. The minimum absolute atomic E-state index is 0. The molecule has 0 heterocycles. The second-order valence-electron chi connectivity index (χ2n) is 3.46. The van der Waals surface area contributed by atoms with Crippen LogP contribution in [0.4, 0.5) is 0 Å². The molecule has 9 heteroatoms. The first-order valence-corrected chi connectivity index (χ1v) is 7.23. The lowest BCUT2D eigenvalue weighted by Crippen LogP contribution is -2.11. The molecule has 0 rings (SSSR count). The van der Waals surface area contributed by atoms with E-state index in [0.29, 0.717) is 12.5 Å². The Morgan fingerprint density at radius 2 is 1.45 bits per heavy atom. The summed E-state index contributed by atoms with van der Waals surface area (Å²) in [6.45, 7) is 6.13. The molecule has 1 unspecified atom stereocenters. The van der Waals surface area contributed by atoms with Crippen LogP contribution >= 0.6 is 22.6 Å². The van der Waals surface area contributed by atoms with Crippen molar-refractivity contribution in [3.8, 4) is 0 Å². The van der Waals surface area contributed by atoms with Gasteiger partial charge in [0.25, 0.3) is 0 Å². The van der Waals surface area contributed by atoms with Gasteiger partial charge in [-0.3, -0.25) is 4.79 Å². The second kappa shape index (κ2) is 26.4. The molecule has 0 aromatic heterocycles. The number of rotatable bonds is 5. The maximum atomic E-state index is 10.0. The fourth-order valence-electron chi connectivity index (χ4n) is 0.437. The third-order valence-electron chi connectivity index (χ3n) is 1.35. The van der Waals surface area contributed by atoms with E-state index in [1.54, 1.807) is 0 Å². The van der Waals surface area contributed by atoms with Gasteiger partial charge in [-0.2, -0.15) is 0 Å². The number of nitrogens with zero attached hydrogens (tertiary/aromatic N) is 6. The van der Waals surface area contributed by atoms with Crippen molar-refractivity contribution in [2.24, 2.45) is 22.1 Å². The smallest absolute Gasteiger partial charge is 0.306 e. The number of alkyl halides is 1. The summed E-state index contributed by atoms with van der Waals surface area (Å²) < 4.78 is 0. The van der Waals surface area contributed by atoms with Crippen LogP contribution in [0.3, 0.4) is 0 Å². The number of hydrogen-bond acceptors (Lipinski definition) is 3. The number of carboxylic acids is 1. The first kappa shape index (κ1) is 31.3. The third-order valence-corrected chi connectivity index (χ3v) is 1.35. The van der Waals surface area contributed by atoms with E-state index < -0.39 is 11.9 Å². The zero-order chi connectivity index (χ0) is 15.0. The Bertz CT molecular complexity index is 299. The highest BCUT2D eigenvalue weighted by Gasteiger charge is 2.07. The van der Waals surface area contributed by atoms with Gasteiger partial charge in [0.2, 0.25) is 0 Å². The fourth-order valence-corrected chi connectivity index (χ4v) is 0.437. The van der Waals surface area contributed by atoms with Gasteiger partial charge >= 0.3 is 5.97 Å². The van der Waals surface area contributed by atoms with Gasteiger partial charge in [-0.15, -0.1) is 0 Å². The van der Waals surface area contributed by atoms with Crippen LogP contribution in [0.25, 0.3) is 20.9 Å².